The number of hydrogen-bond acceptors (Lipinski definition) is 12. The molecule has 4 N–H and O–H groups in total. The summed E-state index contributed by atoms with van der Waals surface area (Å²) in [4.78, 5) is 65.6. The number of aromatic nitrogens is 2. The molecule has 6 atom stereocenters. The van der Waals surface area contributed by atoms with Gasteiger partial charge in [-0.1, -0.05) is 18.9 Å². The second-order valence-electron chi connectivity index (χ2n) is 17.5. The number of methoxy groups -OCH3 is 1. The van der Waals surface area contributed by atoms with E-state index < -0.39 is 78.0 Å². The number of carbonyl (C=O) groups excluding carboxylic acids is 3. The van der Waals surface area contributed by atoms with Gasteiger partial charge in [-0.05, 0) is 89.0 Å². The van der Waals surface area contributed by atoms with Crippen molar-refractivity contribution >= 4 is 52.6 Å². The van der Waals surface area contributed by atoms with Crippen molar-refractivity contribution in [1.82, 2.24) is 25.5 Å². The molecule has 2 aromatic carbocycles. The first kappa shape index (κ1) is 45.7. The van der Waals surface area contributed by atoms with E-state index in [1.165, 1.54) is 22.3 Å². The van der Waals surface area contributed by atoms with Crippen molar-refractivity contribution in [2.45, 2.75) is 120 Å². The third kappa shape index (κ3) is 9.99. The summed E-state index contributed by atoms with van der Waals surface area (Å²) in [7, 11) is -3.01. The third-order valence-corrected chi connectivity index (χ3v) is 16.0. The molecule has 2 unspecified atom stereocenters. The fraction of sp³-hybridized carbons (Fsp3) is 0.533. The van der Waals surface area contributed by atoms with Crippen LogP contribution in [-0.4, -0.2) is 100 Å². The monoisotopic (exact) mass is 924 g/mol. The lowest BCUT2D eigenvalue weighted by molar-refractivity contribution is -0.141. The number of fused-ring (bicyclic) bond motifs is 3. The molecule has 64 heavy (non-hydrogen) atoms. The highest BCUT2D eigenvalue weighted by Crippen LogP contribution is 2.71. The van der Waals surface area contributed by atoms with Gasteiger partial charge >= 0.3 is 6.09 Å². The molecule has 19 heteroatoms. The molecule has 8 rings (SSSR count). The molecule has 3 amide bonds. The largest absolute Gasteiger partial charge is 0.497 e. The Morgan fingerprint density at radius 2 is 1.81 bits per heavy atom. The molecule has 344 valence electrons. The van der Waals surface area contributed by atoms with E-state index in [9.17, 15) is 32.6 Å². The van der Waals surface area contributed by atoms with Crippen LogP contribution in [0.5, 0.6) is 11.5 Å². The van der Waals surface area contributed by atoms with Crippen LogP contribution >= 0.6 is 18.7 Å². The first-order chi connectivity index (χ1) is 30.7. The molecule has 2 aliphatic heterocycles. The van der Waals surface area contributed by atoms with Gasteiger partial charge in [0.25, 0.3) is 0 Å². The fourth-order valence-corrected chi connectivity index (χ4v) is 12.5. The van der Waals surface area contributed by atoms with Gasteiger partial charge in [-0.15, -0.1) is 11.3 Å². The summed E-state index contributed by atoms with van der Waals surface area (Å²) in [6.07, 6.45) is 3.02. The summed E-state index contributed by atoms with van der Waals surface area (Å²) in [5, 5.41) is 10.4. The Bertz CT molecular complexity index is 2400. The molecule has 2 saturated heterocycles. The van der Waals surface area contributed by atoms with Gasteiger partial charge < -0.3 is 44.7 Å². The molecular formula is C45H55F2N6O9PS. The smallest absolute Gasteiger partial charge is 0.408 e. The van der Waals surface area contributed by atoms with Gasteiger partial charge in [-0.3, -0.25) is 14.2 Å². The van der Waals surface area contributed by atoms with E-state index in [-0.39, 0.29) is 44.7 Å². The van der Waals surface area contributed by atoms with E-state index >= 15 is 0 Å². The maximum atomic E-state index is 14.9. The van der Waals surface area contributed by atoms with Crippen LogP contribution in [0.2, 0.25) is 0 Å². The van der Waals surface area contributed by atoms with Gasteiger partial charge in [0.2, 0.25) is 19.2 Å². The van der Waals surface area contributed by atoms with Gasteiger partial charge in [0, 0.05) is 47.5 Å². The average molecular weight is 925 g/mol. The Morgan fingerprint density at radius 3 is 2.56 bits per heavy atom. The number of alkyl carbamates (subject to hydrolysis) is 1. The number of halogens is 2. The molecule has 4 heterocycles. The lowest BCUT2D eigenvalue weighted by Crippen LogP contribution is -2.56. The lowest BCUT2D eigenvalue weighted by Gasteiger charge is -2.31. The standard InChI is InChI=1S/C45H55F2N6O9PS/c1-26(2)48-43-50-38(25-64-43)36-20-40(31-16-15-29(59-3)18-35(31)49-36)61-30-19-39-41(54)52-45(63(57,58)24-32-33(46)13-9-14-34(32)47)21-27(45)10-5-4-8-17-60-23-37(42(55)53(39)22-30)51-44(56)62-28-11-6-7-12-28/h9,13-16,18,20,25-28,30,37,39H,4-8,10-12,17,19,21-24H2,1-3H3,(H,48,50)(H,51,56)(H,52,54)(H,57,58)/t27-,30?,37+,39+,45+/m1/s1. The first-order valence-corrected chi connectivity index (χ1v) is 24.8. The predicted molar refractivity (Wildman–Crippen MR) is 237 cm³/mol. The number of hydrogen-bond donors (Lipinski definition) is 4. The number of thiazole rings is 1. The van der Waals surface area contributed by atoms with Crippen LogP contribution in [0.1, 0.15) is 83.6 Å². The van der Waals surface area contributed by atoms with E-state index in [2.05, 4.69) is 16.0 Å². The molecule has 0 bridgehead atoms. The van der Waals surface area contributed by atoms with E-state index in [1.807, 2.05) is 19.2 Å². The summed E-state index contributed by atoms with van der Waals surface area (Å²) < 4.78 is 68.3. The highest BCUT2D eigenvalue weighted by atomic mass is 32.1. The van der Waals surface area contributed by atoms with Crippen molar-refractivity contribution < 1.29 is 51.6 Å². The zero-order valence-corrected chi connectivity index (χ0v) is 37.9. The van der Waals surface area contributed by atoms with Crippen LogP contribution in [-0.2, 0) is 29.8 Å². The number of carbonyl (C=O) groups is 3. The van der Waals surface area contributed by atoms with Crippen molar-refractivity contribution in [2.24, 2.45) is 5.92 Å². The van der Waals surface area contributed by atoms with Crippen LogP contribution in [0.4, 0.5) is 18.7 Å². The number of nitrogens with one attached hydrogen (secondary N) is 3. The number of benzene rings is 2. The highest BCUT2D eigenvalue weighted by Gasteiger charge is 2.66. The summed E-state index contributed by atoms with van der Waals surface area (Å²) >= 11 is 1.43. The molecule has 2 aromatic heterocycles. The normalized spacial score (nSPS) is 25.4. The molecule has 2 aliphatic carbocycles. The number of nitrogens with zero attached hydrogens (tertiary/aromatic N) is 3. The summed E-state index contributed by atoms with van der Waals surface area (Å²) in [6, 6.07) is 7.99. The van der Waals surface area contributed by atoms with E-state index in [4.69, 9.17) is 28.9 Å². The third-order valence-electron chi connectivity index (χ3n) is 12.6. The molecule has 4 aliphatic rings. The predicted octanol–water partition coefficient (Wildman–Crippen LogP) is 7.74. The van der Waals surface area contributed by atoms with Gasteiger partial charge in [0.05, 0.1) is 37.6 Å². The number of amides is 3. The maximum Gasteiger partial charge on any atom is 0.408 e. The van der Waals surface area contributed by atoms with Crippen molar-refractivity contribution in [3.8, 4) is 22.9 Å². The fourth-order valence-electron chi connectivity index (χ4n) is 9.13. The number of ether oxygens (including phenoxy) is 4. The van der Waals surface area contributed by atoms with Crippen LogP contribution in [0, 0.1) is 17.6 Å². The minimum atomic E-state index is -4.57. The second kappa shape index (κ2) is 19.3. The van der Waals surface area contributed by atoms with Crippen molar-refractivity contribution in [3.63, 3.8) is 0 Å². The second-order valence-corrected chi connectivity index (χ2v) is 20.9. The van der Waals surface area contributed by atoms with Crippen molar-refractivity contribution in [3.05, 3.63) is 65.0 Å². The van der Waals surface area contributed by atoms with Crippen LogP contribution in [0.15, 0.2) is 47.8 Å². The van der Waals surface area contributed by atoms with Crippen molar-refractivity contribution in [2.75, 3.05) is 32.2 Å². The van der Waals surface area contributed by atoms with Crippen LogP contribution in [0.25, 0.3) is 22.3 Å². The molecule has 0 spiro atoms. The average Bonchev–Trinajstić information content (AvgIpc) is 3.67. The Hall–Kier alpha value is -4.90. The van der Waals surface area contributed by atoms with Gasteiger partial charge in [0.1, 0.15) is 58.4 Å². The molecule has 15 nitrogen and oxygen atoms in total. The zero-order chi connectivity index (χ0) is 45.2. The molecule has 4 fully saturated rings. The molecule has 0 radical (unpaired) electrons. The minimum Gasteiger partial charge on any atom is -0.497 e. The Morgan fingerprint density at radius 1 is 1.05 bits per heavy atom. The summed E-state index contributed by atoms with van der Waals surface area (Å²) in [5.74, 6) is -2.79. The van der Waals surface area contributed by atoms with Gasteiger partial charge in [-0.25, -0.2) is 23.5 Å². The number of pyridine rings is 1. The summed E-state index contributed by atoms with van der Waals surface area (Å²) in [6.45, 7) is 3.99. The van der Waals surface area contributed by atoms with E-state index in [1.54, 1.807) is 31.4 Å². The first-order valence-electron chi connectivity index (χ1n) is 22.0. The SMILES string of the molecule is COc1ccc2c(OC3C[C@H]4C(=O)N[C@]5(P(=O)(O)Cc6c(F)cccc6F)C[C@H]5CCCCCOC[C@H](NC(=O)OC5CCCC5)C(=O)N4C3)cc(-c3csc(NC(C)C)n3)nc2c1. The molecule has 4 aromatic rings. The highest BCUT2D eigenvalue weighted by molar-refractivity contribution is 7.59. The van der Waals surface area contributed by atoms with Gasteiger partial charge in [-0.2, -0.15) is 0 Å². The van der Waals surface area contributed by atoms with Crippen LogP contribution < -0.4 is 25.4 Å². The molecule has 2 saturated carbocycles. The Balaban J connectivity index is 1.13. The summed E-state index contributed by atoms with van der Waals surface area (Å²) in [5.41, 5.74) is 1.13. The lowest BCUT2D eigenvalue weighted by atomic mass is 10.1. The van der Waals surface area contributed by atoms with E-state index in [0.29, 0.717) is 77.4 Å². The van der Waals surface area contributed by atoms with Gasteiger partial charge in [0.15, 0.2) is 5.13 Å². The van der Waals surface area contributed by atoms with Crippen LogP contribution in [0.3, 0.4) is 0 Å². The molecular weight excluding hydrogens is 870 g/mol. The Kier molecular flexibility index (Phi) is 13.8. The topological polar surface area (TPSA) is 191 Å². The Labute approximate surface area is 374 Å². The van der Waals surface area contributed by atoms with E-state index in [0.717, 1.165) is 25.0 Å². The zero-order valence-electron chi connectivity index (χ0n) is 36.1. The number of rotatable bonds is 11. The maximum absolute atomic E-state index is 14.9. The quantitative estimate of drug-likeness (QED) is 0.107. The number of anilines is 1. The minimum absolute atomic E-state index is 0.0510. The van der Waals surface area contributed by atoms with Crippen molar-refractivity contribution in [1.29, 1.82) is 0 Å².